The summed E-state index contributed by atoms with van der Waals surface area (Å²) < 4.78 is 28.3. The van der Waals surface area contributed by atoms with Gasteiger partial charge in [0.1, 0.15) is 17.2 Å². The van der Waals surface area contributed by atoms with E-state index in [1.54, 1.807) is 0 Å². The van der Waals surface area contributed by atoms with Crippen molar-refractivity contribution in [1.82, 2.24) is 0 Å². The molecule has 1 unspecified atom stereocenters. The van der Waals surface area contributed by atoms with E-state index in [4.69, 9.17) is 0 Å². The standard InChI is InChI=1S/C19H20F2I2O2/c1-18(2,3)17(10-24)19(25,13-6-4-11(20)8-15(13)22)14-7-5-12(21)9-16(14)23/h4-9,17,24-25H,10H2,1-3H3. The monoisotopic (exact) mass is 572 g/mol. The Bertz CT molecular complexity index is 721. The Morgan fingerprint density at radius 3 is 1.60 bits per heavy atom. The van der Waals surface area contributed by atoms with Crippen molar-refractivity contribution in [3.05, 3.63) is 66.3 Å². The van der Waals surface area contributed by atoms with E-state index in [0.717, 1.165) is 0 Å². The topological polar surface area (TPSA) is 40.5 Å². The maximum atomic E-state index is 13.6. The molecule has 1 atom stereocenters. The predicted molar refractivity (Wildman–Crippen MR) is 111 cm³/mol. The molecule has 0 radical (unpaired) electrons. The number of aliphatic hydroxyl groups is 2. The molecular weight excluding hydrogens is 552 g/mol. The summed E-state index contributed by atoms with van der Waals surface area (Å²) in [6.45, 7) is 5.49. The van der Waals surface area contributed by atoms with Gasteiger partial charge in [0, 0.05) is 30.8 Å². The van der Waals surface area contributed by atoms with Crippen molar-refractivity contribution in [3.63, 3.8) is 0 Å². The van der Waals surface area contributed by atoms with Gasteiger partial charge in [-0.3, -0.25) is 0 Å². The second kappa shape index (κ2) is 7.74. The first kappa shape index (κ1) is 21.0. The molecule has 0 aliphatic heterocycles. The van der Waals surface area contributed by atoms with Crippen molar-refractivity contribution >= 4 is 45.2 Å². The molecule has 0 fully saturated rings. The summed E-state index contributed by atoms with van der Waals surface area (Å²) in [4.78, 5) is 0. The molecule has 0 bridgehead atoms. The molecule has 2 N–H and O–H groups in total. The Balaban J connectivity index is 2.83. The number of rotatable bonds is 4. The zero-order valence-corrected chi connectivity index (χ0v) is 18.5. The van der Waals surface area contributed by atoms with Gasteiger partial charge in [0.05, 0.1) is 0 Å². The van der Waals surface area contributed by atoms with E-state index >= 15 is 0 Å². The summed E-state index contributed by atoms with van der Waals surface area (Å²) in [7, 11) is 0. The summed E-state index contributed by atoms with van der Waals surface area (Å²) in [6, 6.07) is 8.32. The molecular formula is C19H20F2I2O2. The van der Waals surface area contributed by atoms with Crippen molar-refractivity contribution < 1.29 is 19.0 Å². The maximum Gasteiger partial charge on any atom is 0.124 e. The minimum Gasteiger partial charge on any atom is -0.396 e. The Morgan fingerprint density at radius 1 is 0.920 bits per heavy atom. The minimum absolute atomic E-state index is 0.277. The Morgan fingerprint density at radius 2 is 1.32 bits per heavy atom. The van der Waals surface area contributed by atoms with Crippen LogP contribution in [0.25, 0.3) is 0 Å². The molecule has 0 heterocycles. The van der Waals surface area contributed by atoms with Crippen LogP contribution in [0.3, 0.4) is 0 Å². The lowest BCUT2D eigenvalue weighted by Gasteiger charge is -2.44. The fraction of sp³-hybridized carbons (Fsp3) is 0.368. The normalized spacial score (nSPS) is 13.8. The van der Waals surface area contributed by atoms with Gasteiger partial charge in [-0.15, -0.1) is 0 Å². The molecule has 0 amide bonds. The highest BCUT2D eigenvalue weighted by molar-refractivity contribution is 14.1. The van der Waals surface area contributed by atoms with E-state index in [1.165, 1.54) is 36.4 Å². The second-order valence-electron chi connectivity index (χ2n) is 7.12. The molecule has 0 aromatic heterocycles. The SMILES string of the molecule is CC(C)(C)C(CO)C(O)(c1ccc(F)cc1I)c1ccc(F)cc1I. The van der Waals surface area contributed by atoms with Gasteiger partial charge in [-0.05, 0) is 74.9 Å². The molecule has 136 valence electrons. The van der Waals surface area contributed by atoms with Crippen LogP contribution in [0.5, 0.6) is 0 Å². The lowest BCUT2D eigenvalue weighted by atomic mass is 9.65. The lowest BCUT2D eigenvalue weighted by Crippen LogP contribution is -2.46. The highest BCUT2D eigenvalue weighted by Crippen LogP contribution is 2.47. The number of hydrogen-bond donors (Lipinski definition) is 2. The van der Waals surface area contributed by atoms with Gasteiger partial charge in [-0.25, -0.2) is 8.78 Å². The van der Waals surface area contributed by atoms with Gasteiger partial charge in [-0.1, -0.05) is 32.9 Å². The first-order chi connectivity index (χ1) is 11.5. The molecule has 0 saturated heterocycles. The van der Waals surface area contributed by atoms with E-state index in [0.29, 0.717) is 18.3 Å². The van der Waals surface area contributed by atoms with Gasteiger partial charge in [0.15, 0.2) is 0 Å². The first-order valence-electron chi connectivity index (χ1n) is 7.76. The fourth-order valence-corrected chi connectivity index (χ4v) is 4.93. The number of aliphatic hydroxyl groups excluding tert-OH is 1. The highest BCUT2D eigenvalue weighted by atomic mass is 127. The van der Waals surface area contributed by atoms with Crippen LogP contribution in [-0.2, 0) is 5.60 Å². The van der Waals surface area contributed by atoms with Crippen LogP contribution >= 0.6 is 45.2 Å². The van der Waals surface area contributed by atoms with Crippen molar-refractivity contribution in [2.45, 2.75) is 26.4 Å². The smallest absolute Gasteiger partial charge is 0.124 e. The molecule has 0 aliphatic carbocycles. The van der Waals surface area contributed by atoms with Crippen LogP contribution in [0.15, 0.2) is 36.4 Å². The zero-order chi connectivity index (χ0) is 19.0. The van der Waals surface area contributed by atoms with Gasteiger partial charge in [0.2, 0.25) is 0 Å². The van der Waals surface area contributed by atoms with Gasteiger partial charge < -0.3 is 10.2 Å². The predicted octanol–water partition coefficient (Wildman–Crippen LogP) is 5.06. The summed E-state index contributed by atoms with van der Waals surface area (Å²) in [6.07, 6.45) is 0. The lowest BCUT2D eigenvalue weighted by molar-refractivity contribution is -0.0608. The largest absolute Gasteiger partial charge is 0.396 e. The van der Waals surface area contributed by atoms with E-state index in [9.17, 15) is 19.0 Å². The van der Waals surface area contributed by atoms with Crippen LogP contribution in [0.2, 0.25) is 0 Å². The molecule has 2 aromatic carbocycles. The summed E-state index contributed by atoms with van der Waals surface area (Å²) in [5.74, 6) is -1.39. The quantitative estimate of drug-likeness (QED) is 0.504. The molecule has 0 spiro atoms. The Labute approximate surface area is 173 Å². The number of benzene rings is 2. The van der Waals surface area contributed by atoms with Crippen LogP contribution in [-0.4, -0.2) is 16.8 Å². The summed E-state index contributed by atoms with van der Waals surface area (Å²) in [5.41, 5.74) is -1.07. The van der Waals surface area contributed by atoms with Crippen LogP contribution in [0, 0.1) is 30.1 Å². The van der Waals surface area contributed by atoms with Crippen molar-refractivity contribution in [3.8, 4) is 0 Å². The van der Waals surface area contributed by atoms with Gasteiger partial charge in [-0.2, -0.15) is 0 Å². The highest BCUT2D eigenvalue weighted by Gasteiger charge is 2.47. The molecule has 2 nitrogen and oxygen atoms in total. The third kappa shape index (κ3) is 4.17. The molecule has 0 aliphatic rings. The number of halogens is 4. The molecule has 2 aromatic rings. The molecule has 25 heavy (non-hydrogen) atoms. The zero-order valence-electron chi connectivity index (χ0n) is 14.2. The van der Waals surface area contributed by atoms with Crippen LogP contribution in [0.4, 0.5) is 8.78 Å². The molecule has 6 heteroatoms. The Hall–Kier alpha value is -0.320. The average molecular weight is 572 g/mol. The fourth-order valence-electron chi connectivity index (χ4n) is 3.15. The summed E-state index contributed by atoms with van der Waals surface area (Å²) >= 11 is 3.95. The van der Waals surface area contributed by atoms with E-state index in [2.05, 4.69) is 0 Å². The van der Waals surface area contributed by atoms with Crippen molar-refractivity contribution in [2.24, 2.45) is 11.3 Å². The van der Waals surface area contributed by atoms with Crippen molar-refractivity contribution in [1.29, 1.82) is 0 Å². The van der Waals surface area contributed by atoms with Crippen LogP contribution < -0.4 is 0 Å². The van der Waals surface area contributed by atoms with Gasteiger partial charge in [0.25, 0.3) is 0 Å². The van der Waals surface area contributed by atoms with E-state index < -0.39 is 28.6 Å². The van der Waals surface area contributed by atoms with E-state index in [1.807, 2.05) is 66.0 Å². The first-order valence-corrected chi connectivity index (χ1v) is 9.91. The molecule has 2 rings (SSSR count). The molecule has 0 saturated carbocycles. The maximum absolute atomic E-state index is 13.6. The minimum atomic E-state index is -1.60. The second-order valence-corrected chi connectivity index (χ2v) is 9.44. The average Bonchev–Trinajstić information content (AvgIpc) is 2.45. The van der Waals surface area contributed by atoms with Crippen LogP contribution in [0.1, 0.15) is 31.9 Å². The summed E-state index contributed by atoms with van der Waals surface area (Å²) in [5, 5.41) is 22.0. The Kier molecular flexibility index (Phi) is 6.49. The van der Waals surface area contributed by atoms with Crippen molar-refractivity contribution in [2.75, 3.05) is 6.61 Å². The number of hydrogen-bond acceptors (Lipinski definition) is 2. The third-order valence-corrected chi connectivity index (χ3v) is 6.20. The van der Waals surface area contributed by atoms with E-state index in [-0.39, 0.29) is 6.61 Å². The van der Waals surface area contributed by atoms with Gasteiger partial charge >= 0.3 is 0 Å². The third-order valence-electron chi connectivity index (χ3n) is 4.42.